The number of nitrogens with zero attached hydrogens (tertiary/aromatic N) is 1. The van der Waals surface area contributed by atoms with Crippen LogP contribution in [0.2, 0.25) is 0 Å². The van der Waals surface area contributed by atoms with E-state index in [0.29, 0.717) is 11.5 Å². The molecule has 0 aliphatic carbocycles. The van der Waals surface area contributed by atoms with Gasteiger partial charge in [0.05, 0.1) is 12.1 Å². The van der Waals surface area contributed by atoms with E-state index >= 15 is 0 Å². The van der Waals surface area contributed by atoms with Crippen molar-refractivity contribution in [2.75, 3.05) is 0 Å². The zero-order valence-corrected chi connectivity index (χ0v) is 7.07. The first kappa shape index (κ1) is 8.77. The normalized spacial score (nSPS) is 12.8. The topological polar surface area (TPSA) is 63.3 Å². The number of aryl methyl sites for hydroxylation is 1. The van der Waals surface area contributed by atoms with Crippen molar-refractivity contribution in [1.29, 1.82) is 0 Å². The summed E-state index contributed by atoms with van der Waals surface area (Å²) in [6, 6.07) is 1.76. The number of aromatic nitrogens is 1. The zero-order valence-electron chi connectivity index (χ0n) is 7.07. The van der Waals surface area contributed by atoms with Gasteiger partial charge in [0.2, 0.25) is 0 Å². The molecule has 12 heavy (non-hydrogen) atoms. The number of carboxylic acid groups (broad SMARTS) is 1. The Bertz CT molecular complexity index is 280. The van der Waals surface area contributed by atoms with Gasteiger partial charge in [0.25, 0.3) is 0 Å². The average Bonchev–Trinajstić information content (AvgIpc) is 2.34. The van der Waals surface area contributed by atoms with E-state index in [-0.39, 0.29) is 12.3 Å². The summed E-state index contributed by atoms with van der Waals surface area (Å²) in [6.07, 6.45) is 0.0893. The summed E-state index contributed by atoms with van der Waals surface area (Å²) < 4.78 is 4.82. The van der Waals surface area contributed by atoms with Gasteiger partial charge in [-0.15, -0.1) is 0 Å². The molecule has 1 aromatic heterocycles. The fourth-order valence-electron chi connectivity index (χ4n) is 0.984. The Balaban J connectivity index is 2.64. The number of aliphatic carboxylic acids is 1. The Morgan fingerprint density at radius 2 is 2.50 bits per heavy atom. The molecular formula is C8H11NO3. The van der Waals surface area contributed by atoms with Crippen molar-refractivity contribution in [3.05, 3.63) is 17.5 Å². The van der Waals surface area contributed by atoms with Crippen molar-refractivity contribution in [1.82, 2.24) is 5.16 Å². The van der Waals surface area contributed by atoms with E-state index in [4.69, 9.17) is 9.63 Å². The number of carboxylic acids is 1. The molecule has 0 aliphatic rings. The highest BCUT2D eigenvalue weighted by atomic mass is 16.5. The molecule has 1 unspecified atom stereocenters. The van der Waals surface area contributed by atoms with Crippen LogP contribution in [0.1, 0.15) is 30.7 Å². The third-order valence-corrected chi connectivity index (χ3v) is 1.63. The lowest BCUT2D eigenvalue weighted by atomic mass is 10.0. The molecule has 1 atom stereocenters. The maximum atomic E-state index is 10.3. The Kier molecular flexibility index (Phi) is 2.47. The van der Waals surface area contributed by atoms with E-state index in [2.05, 4.69) is 5.16 Å². The first-order chi connectivity index (χ1) is 5.59. The van der Waals surface area contributed by atoms with E-state index in [0.717, 1.165) is 0 Å². The largest absolute Gasteiger partial charge is 0.481 e. The van der Waals surface area contributed by atoms with Crippen molar-refractivity contribution >= 4 is 5.97 Å². The molecule has 1 aromatic rings. The Labute approximate surface area is 70.2 Å². The third-order valence-electron chi connectivity index (χ3n) is 1.63. The van der Waals surface area contributed by atoms with Crippen LogP contribution >= 0.6 is 0 Å². The standard InChI is InChI=1S/C8H11NO3/c1-5(3-8(10)11)7-4-6(2)12-9-7/h4-5H,3H2,1-2H3,(H,10,11). The summed E-state index contributed by atoms with van der Waals surface area (Å²) in [5, 5.41) is 12.2. The number of carbonyl (C=O) groups is 1. The predicted octanol–water partition coefficient (Wildman–Crippen LogP) is 1.56. The Morgan fingerprint density at radius 1 is 1.83 bits per heavy atom. The molecular weight excluding hydrogens is 158 g/mol. The smallest absolute Gasteiger partial charge is 0.304 e. The molecule has 0 spiro atoms. The van der Waals surface area contributed by atoms with E-state index in [1.165, 1.54) is 0 Å². The fourth-order valence-corrected chi connectivity index (χ4v) is 0.984. The van der Waals surface area contributed by atoms with Crippen molar-refractivity contribution < 1.29 is 14.4 Å². The Morgan fingerprint density at radius 3 is 2.92 bits per heavy atom. The van der Waals surface area contributed by atoms with E-state index < -0.39 is 5.97 Å². The van der Waals surface area contributed by atoms with Crippen LogP contribution in [0, 0.1) is 6.92 Å². The van der Waals surface area contributed by atoms with Gasteiger partial charge in [-0.3, -0.25) is 4.79 Å². The summed E-state index contributed by atoms with van der Waals surface area (Å²) in [5.74, 6) is -0.189. The van der Waals surface area contributed by atoms with Crippen LogP contribution in [-0.4, -0.2) is 16.2 Å². The van der Waals surface area contributed by atoms with Crippen molar-refractivity contribution in [3.63, 3.8) is 0 Å². The molecule has 0 saturated carbocycles. The van der Waals surface area contributed by atoms with Gasteiger partial charge in [0.1, 0.15) is 5.76 Å². The number of hydrogen-bond donors (Lipinski definition) is 1. The van der Waals surface area contributed by atoms with Gasteiger partial charge in [-0.2, -0.15) is 0 Å². The fraction of sp³-hybridized carbons (Fsp3) is 0.500. The SMILES string of the molecule is Cc1cc(C(C)CC(=O)O)no1. The lowest BCUT2D eigenvalue weighted by molar-refractivity contribution is -0.137. The molecule has 1 heterocycles. The molecule has 0 saturated heterocycles. The van der Waals surface area contributed by atoms with Crippen LogP contribution in [0.25, 0.3) is 0 Å². The van der Waals surface area contributed by atoms with Crippen molar-refractivity contribution in [3.8, 4) is 0 Å². The highest BCUT2D eigenvalue weighted by molar-refractivity contribution is 5.67. The maximum absolute atomic E-state index is 10.3. The quantitative estimate of drug-likeness (QED) is 0.745. The second-order valence-electron chi connectivity index (χ2n) is 2.86. The Hall–Kier alpha value is -1.32. The average molecular weight is 169 g/mol. The summed E-state index contributed by atoms with van der Waals surface area (Å²) >= 11 is 0. The molecule has 0 radical (unpaired) electrons. The molecule has 0 amide bonds. The maximum Gasteiger partial charge on any atom is 0.304 e. The van der Waals surface area contributed by atoms with Gasteiger partial charge in [0.15, 0.2) is 0 Å². The van der Waals surface area contributed by atoms with Crippen molar-refractivity contribution in [2.45, 2.75) is 26.2 Å². The van der Waals surface area contributed by atoms with Crippen LogP contribution in [0.5, 0.6) is 0 Å². The zero-order chi connectivity index (χ0) is 9.14. The molecule has 4 nitrogen and oxygen atoms in total. The minimum Gasteiger partial charge on any atom is -0.481 e. The summed E-state index contributed by atoms with van der Waals surface area (Å²) in [4.78, 5) is 10.3. The van der Waals surface area contributed by atoms with Crippen LogP contribution in [0.15, 0.2) is 10.6 Å². The molecule has 0 bridgehead atoms. The highest BCUT2D eigenvalue weighted by Crippen LogP contribution is 2.17. The van der Waals surface area contributed by atoms with Crippen molar-refractivity contribution in [2.24, 2.45) is 0 Å². The highest BCUT2D eigenvalue weighted by Gasteiger charge is 2.13. The van der Waals surface area contributed by atoms with Gasteiger partial charge >= 0.3 is 5.97 Å². The van der Waals surface area contributed by atoms with E-state index in [1.807, 2.05) is 6.92 Å². The summed E-state index contributed by atoms with van der Waals surface area (Å²) in [6.45, 7) is 3.59. The van der Waals surface area contributed by atoms with E-state index in [9.17, 15) is 4.79 Å². The molecule has 1 rings (SSSR count). The number of rotatable bonds is 3. The van der Waals surface area contributed by atoms with Gasteiger partial charge < -0.3 is 9.63 Å². The molecule has 0 aromatic carbocycles. The number of hydrogen-bond acceptors (Lipinski definition) is 3. The molecule has 66 valence electrons. The predicted molar refractivity (Wildman–Crippen MR) is 41.9 cm³/mol. The molecule has 0 aliphatic heterocycles. The summed E-state index contributed by atoms with van der Waals surface area (Å²) in [5.41, 5.74) is 0.704. The summed E-state index contributed by atoms with van der Waals surface area (Å²) in [7, 11) is 0. The van der Waals surface area contributed by atoms with Crippen LogP contribution in [0.3, 0.4) is 0 Å². The monoisotopic (exact) mass is 169 g/mol. The third kappa shape index (κ3) is 2.08. The van der Waals surface area contributed by atoms with E-state index in [1.54, 1.807) is 13.0 Å². The first-order valence-electron chi connectivity index (χ1n) is 3.74. The van der Waals surface area contributed by atoms with Crippen LogP contribution in [-0.2, 0) is 4.79 Å². The van der Waals surface area contributed by atoms with Gasteiger partial charge in [-0.1, -0.05) is 12.1 Å². The minimum atomic E-state index is -0.817. The van der Waals surface area contributed by atoms with Gasteiger partial charge in [-0.05, 0) is 6.92 Å². The molecule has 1 N–H and O–H groups in total. The lowest BCUT2D eigenvalue weighted by Gasteiger charge is -2.01. The van der Waals surface area contributed by atoms with Crippen LogP contribution < -0.4 is 0 Å². The molecule has 0 fully saturated rings. The second kappa shape index (κ2) is 3.38. The minimum absolute atomic E-state index is 0.0834. The van der Waals surface area contributed by atoms with Crippen LogP contribution in [0.4, 0.5) is 0 Å². The second-order valence-corrected chi connectivity index (χ2v) is 2.86. The first-order valence-corrected chi connectivity index (χ1v) is 3.74. The van der Waals surface area contributed by atoms with Gasteiger partial charge in [0, 0.05) is 12.0 Å². The lowest BCUT2D eigenvalue weighted by Crippen LogP contribution is -2.02. The molecule has 4 heteroatoms. The van der Waals surface area contributed by atoms with Gasteiger partial charge in [-0.25, -0.2) is 0 Å².